The number of ether oxygens (including phenoxy) is 1. The summed E-state index contributed by atoms with van der Waals surface area (Å²) >= 11 is 9.32. The summed E-state index contributed by atoms with van der Waals surface area (Å²) < 4.78 is 28.8. The summed E-state index contributed by atoms with van der Waals surface area (Å²) in [5.74, 6) is -1.81. The Morgan fingerprint density at radius 1 is 1.50 bits per heavy atom. The number of fused-ring (bicyclic) bond motifs is 1. The minimum atomic E-state index is -3.73. The van der Waals surface area contributed by atoms with Crippen LogP contribution in [0.1, 0.15) is 6.92 Å². The van der Waals surface area contributed by atoms with E-state index in [0.717, 1.165) is 11.8 Å². The zero-order chi connectivity index (χ0) is 15.2. The molecular weight excluding hydrogens is 330 g/mol. The summed E-state index contributed by atoms with van der Waals surface area (Å²) in [5.41, 5.74) is -0.148. The minimum absolute atomic E-state index is 0.0216. The number of thiol groups is 1. The van der Waals surface area contributed by atoms with Gasteiger partial charge in [-0.05, 0) is 0 Å². The number of carbonyl (C=O) groups is 3. The van der Waals surface area contributed by atoms with Crippen molar-refractivity contribution in [3.8, 4) is 0 Å². The molecule has 1 unspecified atom stereocenters. The second-order valence-electron chi connectivity index (χ2n) is 4.35. The van der Waals surface area contributed by atoms with Gasteiger partial charge in [0.05, 0.1) is 5.75 Å². The molecule has 20 heavy (non-hydrogen) atoms. The average molecular weight is 340 g/mol. The number of esters is 1. The molecule has 2 rings (SSSR count). The van der Waals surface area contributed by atoms with E-state index in [1.165, 1.54) is 0 Å². The van der Waals surface area contributed by atoms with Crippen molar-refractivity contribution in [2.45, 2.75) is 17.7 Å². The van der Waals surface area contributed by atoms with Crippen LogP contribution in [-0.2, 0) is 29.0 Å². The fourth-order valence-electron chi connectivity index (χ4n) is 2.13. The van der Waals surface area contributed by atoms with Crippen molar-refractivity contribution in [1.82, 2.24) is 4.90 Å². The van der Waals surface area contributed by atoms with Crippen LogP contribution in [0.15, 0.2) is 11.3 Å². The predicted molar refractivity (Wildman–Crippen MR) is 71.7 cm³/mol. The lowest BCUT2D eigenvalue weighted by atomic mass is 10.1. The van der Waals surface area contributed by atoms with Gasteiger partial charge in [-0.2, -0.15) is 0 Å². The van der Waals surface area contributed by atoms with Gasteiger partial charge in [0.25, 0.3) is 0 Å². The Morgan fingerprint density at radius 3 is 2.60 bits per heavy atom. The van der Waals surface area contributed by atoms with Crippen LogP contribution >= 0.6 is 24.2 Å². The van der Waals surface area contributed by atoms with Crippen LogP contribution < -0.4 is 0 Å². The van der Waals surface area contributed by atoms with Gasteiger partial charge in [-0.1, -0.05) is 12.6 Å². The van der Waals surface area contributed by atoms with Crippen molar-refractivity contribution >= 4 is 51.1 Å². The molecule has 110 valence electrons. The highest BCUT2D eigenvalue weighted by molar-refractivity contribution is 7.97. The van der Waals surface area contributed by atoms with Gasteiger partial charge >= 0.3 is 5.97 Å². The Kier molecular flexibility index (Phi) is 3.87. The quantitative estimate of drug-likeness (QED) is 0.321. The molecule has 1 fully saturated rings. The SMILES string of the molecule is CC(=O)OCC1=C(C(=O)S)N2C(=O)[C@H](Cl)C2S(=O)(=O)C1. The standard InChI is InChI=1S/C10H10ClNO6S2/c1-4(13)18-2-5-3-20(16,17)9-6(11)8(14)12(9)7(5)10(15)19/h6,9H,2-3H2,1H3,(H,15,19)/t6-,9?/m0/s1. The average Bonchev–Trinajstić information content (AvgIpc) is 2.32. The molecular formula is C10H10ClNO6S2. The fraction of sp³-hybridized carbons (Fsp3) is 0.500. The van der Waals surface area contributed by atoms with Gasteiger partial charge in [-0.3, -0.25) is 19.3 Å². The normalized spacial score (nSPS) is 27.8. The number of nitrogens with zero attached hydrogens (tertiary/aromatic N) is 1. The Hall–Kier alpha value is -1.06. The van der Waals surface area contributed by atoms with Crippen molar-refractivity contribution < 1.29 is 27.5 Å². The molecule has 0 aliphatic carbocycles. The number of carbonyl (C=O) groups excluding carboxylic acids is 3. The van der Waals surface area contributed by atoms with Crippen molar-refractivity contribution in [3.05, 3.63) is 11.3 Å². The first-order chi connectivity index (χ1) is 9.16. The number of hydrogen-bond acceptors (Lipinski definition) is 6. The van der Waals surface area contributed by atoms with Crippen LogP contribution in [-0.4, -0.2) is 53.4 Å². The second-order valence-corrected chi connectivity index (χ2v) is 7.32. The zero-order valence-electron chi connectivity index (χ0n) is 10.2. The minimum Gasteiger partial charge on any atom is -0.461 e. The summed E-state index contributed by atoms with van der Waals surface area (Å²) in [7, 11) is -3.73. The summed E-state index contributed by atoms with van der Waals surface area (Å²) in [5, 5.41) is -3.24. The lowest BCUT2D eigenvalue weighted by molar-refractivity contribution is -0.140. The van der Waals surface area contributed by atoms with Crippen molar-refractivity contribution in [3.63, 3.8) is 0 Å². The van der Waals surface area contributed by atoms with Gasteiger partial charge in [0.15, 0.2) is 15.2 Å². The predicted octanol–water partition coefficient (Wildman–Crippen LogP) is -0.536. The van der Waals surface area contributed by atoms with E-state index in [1.54, 1.807) is 0 Å². The highest BCUT2D eigenvalue weighted by atomic mass is 35.5. The second kappa shape index (κ2) is 5.05. The van der Waals surface area contributed by atoms with E-state index in [0.29, 0.717) is 0 Å². The monoisotopic (exact) mass is 339 g/mol. The number of halogens is 1. The molecule has 0 aromatic carbocycles. The molecule has 7 nitrogen and oxygen atoms in total. The van der Waals surface area contributed by atoms with Crippen molar-refractivity contribution in [2.75, 3.05) is 12.4 Å². The van der Waals surface area contributed by atoms with E-state index >= 15 is 0 Å². The molecule has 2 aliphatic rings. The van der Waals surface area contributed by atoms with E-state index in [4.69, 9.17) is 16.3 Å². The lowest BCUT2D eigenvalue weighted by Crippen LogP contribution is -2.68. The number of hydrogen-bond donors (Lipinski definition) is 1. The molecule has 0 aromatic rings. The fourth-order valence-corrected chi connectivity index (χ4v) is 4.97. The van der Waals surface area contributed by atoms with E-state index in [-0.39, 0.29) is 17.9 Å². The first-order valence-corrected chi connectivity index (χ1v) is 8.04. The molecule has 1 amide bonds. The van der Waals surface area contributed by atoms with Crippen LogP contribution in [0.4, 0.5) is 0 Å². The van der Waals surface area contributed by atoms with Crippen LogP contribution in [0.25, 0.3) is 0 Å². The van der Waals surface area contributed by atoms with Crippen LogP contribution in [0.5, 0.6) is 0 Å². The van der Waals surface area contributed by atoms with E-state index in [9.17, 15) is 22.8 Å². The van der Waals surface area contributed by atoms with Gasteiger partial charge in [0.2, 0.25) is 11.0 Å². The van der Waals surface area contributed by atoms with Crippen molar-refractivity contribution in [1.29, 1.82) is 0 Å². The zero-order valence-corrected chi connectivity index (χ0v) is 12.7. The molecule has 0 aromatic heterocycles. The summed E-state index contributed by atoms with van der Waals surface area (Å²) in [6.45, 7) is 0.756. The van der Waals surface area contributed by atoms with E-state index < -0.39 is 43.3 Å². The maximum absolute atomic E-state index is 12.0. The van der Waals surface area contributed by atoms with E-state index in [1.807, 2.05) is 0 Å². The van der Waals surface area contributed by atoms with Crippen LogP contribution in [0, 0.1) is 0 Å². The highest BCUT2D eigenvalue weighted by Crippen LogP contribution is 2.39. The molecule has 0 bridgehead atoms. The first-order valence-electron chi connectivity index (χ1n) is 5.44. The molecule has 0 N–H and O–H groups in total. The molecule has 2 aliphatic heterocycles. The van der Waals surface area contributed by atoms with Crippen molar-refractivity contribution in [2.24, 2.45) is 0 Å². The topological polar surface area (TPSA) is 97.8 Å². The Morgan fingerprint density at radius 2 is 2.10 bits per heavy atom. The molecule has 10 heteroatoms. The Labute approximate surface area is 125 Å². The third kappa shape index (κ3) is 2.33. The van der Waals surface area contributed by atoms with Gasteiger partial charge in [0, 0.05) is 12.5 Å². The Bertz CT molecular complexity index is 640. The number of alkyl halides is 1. The molecule has 0 saturated carbocycles. The largest absolute Gasteiger partial charge is 0.461 e. The smallest absolute Gasteiger partial charge is 0.302 e. The molecule has 0 spiro atoms. The number of β-lactam (4-membered cyclic amide) rings is 1. The Balaban J connectivity index is 2.47. The first kappa shape index (κ1) is 15.3. The van der Waals surface area contributed by atoms with Crippen LogP contribution in [0.2, 0.25) is 0 Å². The molecule has 2 atom stereocenters. The molecule has 2 heterocycles. The van der Waals surface area contributed by atoms with Gasteiger partial charge in [-0.25, -0.2) is 8.42 Å². The summed E-state index contributed by atoms with van der Waals surface area (Å²) in [6.07, 6.45) is 0. The third-order valence-electron chi connectivity index (χ3n) is 2.95. The summed E-state index contributed by atoms with van der Waals surface area (Å²) in [4.78, 5) is 34.8. The maximum Gasteiger partial charge on any atom is 0.302 e. The summed E-state index contributed by atoms with van der Waals surface area (Å²) in [6, 6.07) is 0. The van der Waals surface area contributed by atoms with Crippen LogP contribution in [0.3, 0.4) is 0 Å². The number of sulfone groups is 1. The number of rotatable bonds is 3. The van der Waals surface area contributed by atoms with Gasteiger partial charge < -0.3 is 4.74 Å². The molecule has 1 saturated heterocycles. The maximum atomic E-state index is 12.0. The van der Waals surface area contributed by atoms with Gasteiger partial charge in [-0.15, -0.1) is 11.6 Å². The third-order valence-corrected chi connectivity index (χ3v) is 5.71. The van der Waals surface area contributed by atoms with Gasteiger partial charge in [0.1, 0.15) is 17.7 Å². The number of amides is 1. The van der Waals surface area contributed by atoms with E-state index in [2.05, 4.69) is 12.6 Å². The molecule has 0 radical (unpaired) electrons. The highest BCUT2D eigenvalue weighted by Gasteiger charge is 2.58. The lowest BCUT2D eigenvalue weighted by Gasteiger charge is -2.47.